The Bertz CT molecular complexity index is 744. The molecule has 1 atom stereocenters. The van der Waals surface area contributed by atoms with Gasteiger partial charge in [0.05, 0.1) is 22.6 Å². The van der Waals surface area contributed by atoms with Crippen LogP contribution in [0.1, 0.15) is 39.2 Å². The van der Waals surface area contributed by atoms with Crippen LogP contribution in [0, 0.1) is 0 Å². The van der Waals surface area contributed by atoms with Crippen LogP contribution < -0.4 is 15.4 Å². The highest BCUT2D eigenvalue weighted by Gasteiger charge is 2.28. The first-order valence-corrected chi connectivity index (χ1v) is 11.4. The van der Waals surface area contributed by atoms with E-state index in [4.69, 9.17) is 4.74 Å². The van der Waals surface area contributed by atoms with Crippen LogP contribution in [0.2, 0.25) is 0 Å². The van der Waals surface area contributed by atoms with E-state index in [0.717, 1.165) is 10.2 Å². The van der Waals surface area contributed by atoms with Crippen molar-refractivity contribution in [2.75, 3.05) is 24.7 Å². The molecule has 1 aromatic carbocycles. The van der Waals surface area contributed by atoms with Gasteiger partial charge in [0, 0.05) is 12.6 Å². The van der Waals surface area contributed by atoms with Crippen molar-refractivity contribution in [3.05, 3.63) is 28.2 Å². The van der Waals surface area contributed by atoms with Crippen LogP contribution in [0.4, 0.5) is 4.79 Å². The highest BCUT2D eigenvalue weighted by molar-refractivity contribution is 9.10. The summed E-state index contributed by atoms with van der Waals surface area (Å²) in [6.45, 7) is 7.42. The summed E-state index contributed by atoms with van der Waals surface area (Å²) in [4.78, 5) is 11.8. The molecule has 0 spiro atoms. The lowest BCUT2D eigenvalue weighted by Gasteiger charge is -2.20. The lowest BCUT2D eigenvalue weighted by Crippen LogP contribution is -2.43. The fourth-order valence-electron chi connectivity index (χ4n) is 2.69. The Morgan fingerprint density at radius 2 is 2.08 bits per heavy atom. The second-order valence-electron chi connectivity index (χ2n) is 7.60. The van der Waals surface area contributed by atoms with Gasteiger partial charge in [0.1, 0.15) is 5.75 Å². The fourth-order valence-corrected chi connectivity index (χ4v) is 4.85. The summed E-state index contributed by atoms with van der Waals surface area (Å²) < 4.78 is 29.4. The Hall–Kier alpha value is -1.28. The number of nitrogens with one attached hydrogen (secondary N) is 2. The van der Waals surface area contributed by atoms with Crippen LogP contribution in [0.3, 0.4) is 0 Å². The lowest BCUT2D eigenvalue weighted by atomic mass is 9.87. The average molecular weight is 447 g/mol. The van der Waals surface area contributed by atoms with Gasteiger partial charge in [-0.1, -0.05) is 26.8 Å². The molecule has 6 nitrogen and oxygen atoms in total. The van der Waals surface area contributed by atoms with Crippen LogP contribution >= 0.6 is 15.9 Å². The molecule has 2 rings (SSSR count). The Kier molecular flexibility index (Phi) is 6.96. The molecular formula is C18H27BrN2O4S. The van der Waals surface area contributed by atoms with Gasteiger partial charge in [-0.15, -0.1) is 0 Å². The molecule has 1 unspecified atom stereocenters. The van der Waals surface area contributed by atoms with Crippen molar-refractivity contribution in [3.8, 4) is 5.75 Å². The third-order valence-electron chi connectivity index (χ3n) is 4.23. The zero-order chi connectivity index (χ0) is 19.4. The first-order valence-electron chi connectivity index (χ1n) is 8.74. The summed E-state index contributed by atoms with van der Waals surface area (Å²) in [7, 11) is -2.98. The van der Waals surface area contributed by atoms with Crippen LogP contribution in [-0.4, -0.2) is 45.1 Å². The molecule has 1 aliphatic rings. The smallest absolute Gasteiger partial charge is 0.315 e. The molecule has 0 aromatic heterocycles. The maximum Gasteiger partial charge on any atom is 0.315 e. The van der Waals surface area contributed by atoms with E-state index in [0.29, 0.717) is 26.0 Å². The topological polar surface area (TPSA) is 84.5 Å². The van der Waals surface area contributed by atoms with Crippen molar-refractivity contribution >= 4 is 31.8 Å². The second kappa shape index (κ2) is 8.61. The van der Waals surface area contributed by atoms with Gasteiger partial charge in [-0.2, -0.15) is 0 Å². The normalized spacial score (nSPS) is 19.2. The van der Waals surface area contributed by atoms with Crippen molar-refractivity contribution in [3.63, 3.8) is 0 Å². The molecule has 2 amide bonds. The maximum atomic E-state index is 11.8. The number of hydrogen-bond donors (Lipinski definition) is 2. The standard InChI is InChI=1S/C18H27BrN2O4S/c1-18(2,3)13-5-6-16(15(19)11-13)25-9-4-8-20-17(22)21-14-7-10-26(23,24)12-14/h5-6,11,14H,4,7-10,12H2,1-3H3,(H2,20,21,22). The Morgan fingerprint density at radius 1 is 1.35 bits per heavy atom. The molecule has 1 fully saturated rings. The molecule has 2 N–H and O–H groups in total. The minimum Gasteiger partial charge on any atom is -0.492 e. The molecule has 0 saturated carbocycles. The van der Waals surface area contributed by atoms with Gasteiger partial charge < -0.3 is 15.4 Å². The summed E-state index contributed by atoms with van der Waals surface area (Å²) in [5, 5.41) is 5.43. The van der Waals surface area contributed by atoms with E-state index in [9.17, 15) is 13.2 Å². The number of ether oxygens (including phenoxy) is 1. The second-order valence-corrected chi connectivity index (χ2v) is 10.7. The molecule has 1 saturated heterocycles. The number of benzene rings is 1. The van der Waals surface area contributed by atoms with Crippen LogP contribution in [0.25, 0.3) is 0 Å². The number of carbonyl (C=O) groups is 1. The minimum atomic E-state index is -2.98. The monoisotopic (exact) mass is 446 g/mol. The molecule has 1 aromatic rings. The summed E-state index contributed by atoms with van der Waals surface area (Å²) in [5.74, 6) is 0.954. The molecule has 1 aliphatic heterocycles. The number of hydrogen-bond acceptors (Lipinski definition) is 4. The zero-order valence-electron chi connectivity index (χ0n) is 15.5. The zero-order valence-corrected chi connectivity index (χ0v) is 17.9. The number of urea groups is 1. The largest absolute Gasteiger partial charge is 0.492 e. The number of carbonyl (C=O) groups excluding carboxylic acids is 1. The van der Waals surface area contributed by atoms with Gasteiger partial charge in [-0.25, -0.2) is 13.2 Å². The predicted octanol–water partition coefficient (Wildman–Crippen LogP) is 3.00. The molecule has 1 heterocycles. The van der Waals surface area contributed by atoms with Gasteiger partial charge in [-0.05, 0) is 51.9 Å². The molecule has 0 radical (unpaired) electrons. The summed E-state index contributed by atoms with van der Waals surface area (Å²) in [6.07, 6.45) is 1.14. The lowest BCUT2D eigenvalue weighted by molar-refractivity contribution is 0.236. The molecule has 0 bridgehead atoms. The van der Waals surface area contributed by atoms with Gasteiger partial charge in [0.2, 0.25) is 0 Å². The van der Waals surface area contributed by atoms with E-state index >= 15 is 0 Å². The first-order chi connectivity index (χ1) is 12.1. The van der Waals surface area contributed by atoms with Crippen LogP contribution in [-0.2, 0) is 15.3 Å². The Labute approximate surface area is 164 Å². The third-order valence-corrected chi connectivity index (χ3v) is 6.62. The molecule has 0 aliphatic carbocycles. The fraction of sp³-hybridized carbons (Fsp3) is 0.611. The first kappa shape index (κ1) is 21.0. The van der Waals surface area contributed by atoms with Gasteiger partial charge in [0.15, 0.2) is 9.84 Å². The van der Waals surface area contributed by atoms with Crippen molar-refractivity contribution in [2.24, 2.45) is 0 Å². The maximum absolute atomic E-state index is 11.8. The predicted molar refractivity (Wildman–Crippen MR) is 107 cm³/mol. The molecular weight excluding hydrogens is 420 g/mol. The Balaban J connectivity index is 1.67. The highest BCUT2D eigenvalue weighted by Crippen LogP contribution is 2.31. The van der Waals surface area contributed by atoms with Crippen LogP contribution in [0.15, 0.2) is 22.7 Å². The van der Waals surface area contributed by atoms with E-state index in [1.807, 2.05) is 6.07 Å². The van der Waals surface area contributed by atoms with E-state index in [1.165, 1.54) is 5.56 Å². The minimum absolute atomic E-state index is 0.0299. The summed E-state index contributed by atoms with van der Waals surface area (Å²) in [6, 6.07) is 5.46. The number of halogens is 1. The number of rotatable bonds is 6. The molecule has 26 heavy (non-hydrogen) atoms. The number of sulfone groups is 1. The van der Waals surface area contributed by atoms with Crippen molar-refractivity contribution in [1.29, 1.82) is 0 Å². The van der Waals surface area contributed by atoms with Crippen LogP contribution in [0.5, 0.6) is 5.75 Å². The van der Waals surface area contributed by atoms with E-state index < -0.39 is 9.84 Å². The van der Waals surface area contributed by atoms with Crippen molar-refractivity contribution < 1.29 is 17.9 Å². The van der Waals surface area contributed by atoms with E-state index in [2.05, 4.69) is 59.5 Å². The average Bonchev–Trinajstić information content (AvgIpc) is 2.86. The molecule has 8 heteroatoms. The summed E-state index contributed by atoms with van der Waals surface area (Å²) >= 11 is 3.54. The van der Waals surface area contributed by atoms with Crippen molar-refractivity contribution in [1.82, 2.24) is 10.6 Å². The van der Waals surface area contributed by atoms with E-state index in [-0.39, 0.29) is 29.0 Å². The Morgan fingerprint density at radius 3 is 2.65 bits per heavy atom. The van der Waals surface area contributed by atoms with Crippen molar-refractivity contribution in [2.45, 2.75) is 45.1 Å². The van der Waals surface area contributed by atoms with Gasteiger partial charge in [0.25, 0.3) is 0 Å². The molecule has 146 valence electrons. The number of amides is 2. The van der Waals surface area contributed by atoms with Gasteiger partial charge >= 0.3 is 6.03 Å². The van der Waals surface area contributed by atoms with Gasteiger partial charge in [-0.3, -0.25) is 0 Å². The van der Waals surface area contributed by atoms with E-state index in [1.54, 1.807) is 0 Å². The third kappa shape index (κ3) is 6.46. The quantitative estimate of drug-likeness (QED) is 0.657. The SMILES string of the molecule is CC(C)(C)c1ccc(OCCCNC(=O)NC2CCS(=O)(=O)C2)c(Br)c1. The highest BCUT2D eigenvalue weighted by atomic mass is 79.9. The summed E-state index contributed by atoms with van der Waals surface area (Å²) in [5.41, 5.74) is 1.31.